The van der Waals surface area contributed by atoms with Gasteiger partial charge in [-0.2, -0.15) is 0 Å². The third kappa shape index (κ3) is 3.98. The van der Waals surface area contributed by atoms with Crippen molar-refractivity contribution in [2.45, 2.75) is 63.3 Å². The standard InChI is InChI=1S/C28H32FN3O2/c29-24-8-6-20-7-9-26(34)32-17-21(27(24)28(20)32)16-31-12-10-22(11-13-31)30-15-18-4-5-19-2-1-3-25(33)23(19)14-18/h4-9,14,21-22,25,30,33H,1-3,10-13,15-17H2. The van der Waals surface area contributed by atoms with E-state index in [-0.39, 0.29) is 23.4 Å². The average Bonchev–Trinajstić information content (AvgIpc) is 3.24. The highest BCUT2D eigenvalue weighted by molar-refractivity contribution is 5.84. The van der Waals surface area contributed by atoms with Gasteiger partial charge in [0.15, 0.2) is 0 Å². The number of pyridine rings is 1. The molecule has 5 nitrogen and oxygen atoms in total. The lowest BCUT2D eigenvalue weighted by Crippen LogP contribution is -2.43. The highest BCUT2D eigenvalue weighted by Gasteiger charge is 2.31. The predicted molar refractivity (Wildman–Crippen MR) is 132 cm³/mol. The molecule has 3 aromatic rings. The number of likely N-dealkylation sites (tertiary alicyclic amines) is 1. The van der Waals surface area contributed by atoms with Crippen molar-refractivity contribution in [1.29, 1.82) is 0 Å². The van der Waals surface area contributed by atoms with E-state index < -0.39 is 0 Å². The molecule has 3 heterocycles. The van der Waals surface area contributed by atoms with Gasteiger partial charge < -0.3 is 19.9 Å². The molecule has 2 atom stereocenters. The molecule has 6 rings (SSSR count). The number of benzene rings is 2. The molecule has 0 saturated carbocycles. The van der Waals surface area contributed by atoms with Gasteiger partial charge in [0, 0.05) is 43.2 Å². The number of nitrogens with one attached hydrogen (secondary N) is 1. The summed E-state index contributed by atoms with van der Waals surface area (Å²) in [7, 11) is 0. The molecule has 1 aromatic heterocycles. The maximum absolute atomic E-state index is 14.8. The lowest BCUT2D eigenvalue weighted by Gasteiger charge is -2.34. The summed E-state index contributed by atoms with van der Waals surface area (Å²) in [5.41, 5.74) is 5.09. The van der Waals surface area contributed by atoms with Crippen molar-refractivity contribution >= 4 is 10.9 Å². The van der Waals surface area contributed by atoms with Gasteiger partial charge in [-0.15, -0.1) is 0 Å². The van der Waals surface area contributed by atoms with E-state index in [2.05, 4.69) is 28.4 Å². The maximum Gasteiger partial charge on any atom is 0.251 e. The average molecular weight is 462 g/mol. The number of hydrogen-bond acceptors (Lipinski definition) is 4. The van der Waals surface area contributed by atoms with Crippen LogP contribution in [-0.4, -0.2) is 40.2 Å². The van der Waals surface area contributed by atoms with Gasteiger partial charge >= 0.3 is 0 Å². The summed E-state index contributed by atoms with van der Waals surface area (Å²) < 4.78 is 16.5. The Balaban J connectivity index is 1.06. The van der Waals surface area contributed by atoms with E-state index in [4.69, 9.17) is 0 Å². The number of fused-ring (bicyclic) bond motifs is 1. The summed E-state index contributed by atoms with van der Waals surface area (Å²) in [6.07, 6.45) is 4.79. The van der Waals surface area contributed by atoms with Gasteiger partial charge in [0.1, 0.15) is 5.82 Å². The summed E-state index contributed by atoms with van der Waals surface area (Å²) in [6.45, 7) is 4.11. The zero-order valence-electron chi connectivity index (χ0n) is 19.5. The van der Waals surface area contributed by atoms with Crippen LogP contribution in [0.5, 0.6) is 0 Å². The first-order chi connectivity index (χ1) is 16.6. The molecule has 0 bridgehead atoms. The molecule has 1 saturated heterocycles. The Kier molecular flexibility index (Phi) is 5.76. The summed E-state index contributed by atoms with van der Waals surface area (Å²) in [4.78, 5) is 14.8. The Morgan fingerprint density at radius 3 is 2.74 bits per heavy atom. The van der Waals surface area contributed by atoms with Crippen LogP contribution in [0.3, 0.4) is 0 Å². The molecule has 34 heavy (non-hydrogen) atoms. The number of piperidine rings is 1. The van der Waals surface area contributed by atoms with Gasteiger partial charge in [-0.25, -0.2) is 4.39 Å². The number of hydrogen-bond donors (Lipinski definition) is 2. The molecule has 6 heteroatoms. The molecule has 3 aliphatic rings. The van der Waals surface area contributed by atoms with Gasteiger partial charge in [-0.3, -0.25) is 4.79 Å². The molecular formula is C28H32FN3O2. The van der Waals surface area contributed by atoms with Crippen LogP contribution in [0, 0.1) is 5.82 Å². The molecule has 2 unspecified atom stereocenters. The SMILES string of the molecule is O=c1ccc2ccc(F)c3c2n1CC3CN1CCC(NCc2ccc3c(c2)C(O)CCC3)CC1. The molecule has 1 fully saturated rings. The Labute approximate surface area is 199 Å². The molecule has 2 aromatic carbocycles. The second-order valence-corrected chi connectivity index (χ2v) is 10.3. The zero-order valence-corrected chi connectivity index (χ0v) is 19.5. The van der Waals surface area contributed by atoms with Crippen LogP contribution in [0.25, 0.3) is 10.9 Å². The maximum atomic E-state index is 14.8. The minimum absolute atomic E-state index is 0.0187. The van der Waals surface area contributed by atoms with Gasteiger partial charge in [-0.1, -0.05) is 18.2 Å². The zero-order chi connectivity index (χ0) is 23.2. The largest absolute Gasteiger partial charge is 0.388 e. The van der Waals surface area contributed by atoms with E-state index in [9.17, 15) is 14.3 Å². The van der Waals surface area contributed by atoms with Crippen molar-refractivity contribution in [3.63, 3.8) is 0 Å². The van der Waals surface area contributed by atoms with Gasteiger partial charge in [0.05, 0.1) is 11.6 Å². The Morgan fingerprint density at radius 2 is 1.88 bits per heavy atom. The van der Waals surface area contributed by atoms with Crippen molar-refractivity contribution < 1.29 is 9.50 Å². The minimum Gasteiger partial charge on any atom is -0.388 e. The number of halogens is 1. The fraction of sp³-hybridized carbons (Fsp3) is 0.464. The van der Waals surface area contributed by atoms with E-state index in [1.165, 1.54) is 11.1 Å². The smallest absolute Gasteiger partial charge is 0.251 e. The highest BCUT2D eigenvalue weighted by Crippen LogP contribution is 2.35. The molecule has 0 amide bonds. The Bertz CT molecular complexity index is 1280. The van der Waals surface area contributed by atoms with Crippen LogP contribution in [0.4, 0.5) is 4.39 Å². The molecule has 2 aliphatic heterocycles. The molecule has 0 spiro atoms. The van der Waals surface area contributed by atoms with Crippen molar-refractivity contribution in [3.8, 4) is 0 Å². The highest BCUT2D eigenvalue weighted by atomic mass is 19.1. The first-order valence-electron chi connectivity index (χ1n) is 12.6. The van der Waals surface area contributed by atoms with Crippen LogP contribution < -0.4 is 10.9 Å². The third-order valence-corrected chi connectivity index (χ3v) is 8.10. The topological polar surface area (TPSA) is 57.5 Å². The van der Waals surface area contributed by atoms with E-state index in [1.54, 1.807) is 28.8 Å². The van der Waals surface area contributed by atoms with Crippen LogP contribution in [0.15, 0.2) is 47.3 Å². The van der Waals surface area contributed by atoms with E-state index in [1.807, 2.05) is 0 Å². The Morgan fingerprint density at radius 1 is 1.06 bits per heavy atom. The van der Waals surface area contributed by atoms with Crippen molar-refractivity contribution in [2.24, 2.45) is 0 Å². The van der Waals surface area contributed by atoms with Crippen LogP contribution in [0.1, 0.15) is 60.0 Å². The number of aromatic nitrogens is 1. The number of rotatable bonds is 5. The van der Waals surface area contributed by atoms with Gasteiger partial charge in [0.25, 0.3) is 5.56 Å². The quantitative estimate of drug-likeness (QED) is 0.606. The van der Waals surface area contributed by atoms with Gasteiger partial charge in [0.2, 0.25) is 0 Å². The second-order valence-electron chi connectivity index (χ2n) is 10.3. The van der Waals surface area contributed by atoms with Crippen molar-refractivity contribution in [3.05, 3.63) is 80.9 Å². The molecule has 1 aliphatic carbocycles. The first-order valence-corrected chi connectivity index (χ1v) is 12.6. The summed E-state index contributed by atoms with van der Waals surface area (Å²) in [5, 5.41) is 15.0. The predicted octanol–water partition coefficient (Wildman–Crippen LogP) is 3.86. The second kappa shape index (κ2) is 8.91. The van der Waals surface area contributed by atoms with E-state index >= 15 is 0 Å². The van der Waals surface area contributed by atoms with Crippen molar-refractivity contribution in [2.75, 3.05) is 19.6 Å². The third-order valence-electron chi connectivity index (χ3n) is 8.10. The molecule has 2 N–H and O–H groups in total. The fourth-order valence-corrected chi connectivity index (χ4v) is 6.25. The van der Waals surface area contributed by atoms with E-state index in [0.717, 1.165) is 74.7 Å². The molecule has 178 valence electrons. The lowest BCUT2D eigenvalue weighted by molar-refractivity contribution is 0.156. The fourth-order valence-electron chi connectivity index (χ4n) is 6.25. The van der Waals surface area contributed by atoms with Crippen molar-refractivity contribution in [1.82, 2.24) is 14.8 Å². The monoisotopic (exact) mass is 461 g/mol. The van der Waals surface area contributed by atoms with Crippen LogP contribution >= 0.6 is 0 Å². The summed E-state index contributed by atoms with van der Waals surface area (Å²) in [6, 6.07) is 13.7. The lowest BCUT2D eigenvalue weighted by atomic mass is 9.88. The summed E-state index contributed by atoms with van der Waals surface area (Å²) >= 11 is 0. The Hall–Kier alpha value is -2.54. The number of nitrogens with zero attached hydrogens (tertiary/aromatic N) is 2. The molecule has 0 radical (unpaired) electrons. The number of aliphatic hydroxyl groups excluding tert-OH is 1. The normalized spacial score (nSPS) is 22.9. The van der Waals surface area contributed by atoms with Crippen LogP contribution in [-0.2, 0) is 19.5 Å². The van der Waals surface area contributed by atoms with E-state index in [0.29, 0.717) is 18.2 Å². The molecular weight excluding hydrogens is 429 g/mol. The number of aryl methyl sites for hydroxylation is 1. The summed E-state index contributed by atoms with van der Waals surface area (Å²) in [5.74, 6) is -0.175. The first kappa shape index (κ1) is 22.0. The minimum atomic E-state index is -0.319. The number of aliphatic hydroxyl groups is 1. The van der Waals surface area contributed by atoms with Crippen LogP contribution in [0.2, 0.25) is 0 Å². The van der Waals surface area contributed by atoms with Gasteiger partial charge in [-0.05, 0) is 85.5 Å².